The largest absolute Gasteiger partial charge is 0.462 e. The molecular formula is C17H19N5O2. The number of hydrogen-bond acceptors (Lipinski definition) is 6. The Hall–Kier alpha value is -2.96. The van der Waals surface area contributed by atoms with Crippen LogP contribution in [-0.2, 0) is 4.74 Å². The molecule has 0 unspecified atom stereocenters. The predicted molar refractivity (Wildman–Crippen MR) is 91.4 cm³/mol. The zero-order valence-electron chi connectivity index (χ0n) is 13.9. The number of fused-ring (bicyclic) bond motifs is 1. The van der Waals surface area contributed by atoms with Crippen LogP contribution in [0.5, 0.6) is 0 Å². The van der Waals surface area contributed by atoms with Crippen LogP contribution in [0.2, 0.25) is 0 Å². The lowest BCUT2D eigenvalue weighted by molar-refractivity contribution is 0.0527. The van der Waals surface area contributed by atoms with Crippen molar-refractivity contribution in [3.63, 3.8) is 0 Å². The SMILES string of the molecule is CCOC(=O)c1cnc(-n2ncc3ccncc32)cc1NC(C)C. The molecule has 7 heteroatoms. The zero-order valence-corrected chi connectivity index (χ0v) is 13.9. The fraction of sp³-hybridized carbons (Fsp3) is 0.294. The molecule has 0 bridgehead atoms. The summed E-state index contributed by atoms with van der Waals surface area (Å²) in [6.45, 7) is 6.10. The molecule has 0 atom stereocenters. The second-order valence-electron chi connectivity index (χ2n) is 5.60. The van der Waals surface area contributed by atoms with Crippen molar-refractivity contribution in [2.24, 2.45) is 0 Å². The highest BCUT2D eigenvalue weighted by molar-refractivity contribution is 5.95. The number of nitrogens with zero attached hydrogens (tertiary/aromatic N) is 4. The van der Waals surface area contributed by atoms with E-state index in [9.17, 15) is 4.79 Å². The maximum Gasteiger partial charge on any atom is 0.341 e. The number of ether oxygens (including phenoxy) is 1. The molecule has 3 rings (SSSR count). The Morgan fingerprint density at radius 3 is 2.92 bits per heavy atom. The third kappa shape index (κ3) is 3.05. The summed E-state index contributed by atoms with van der Waals surface area (Å²) in [4.78, 5) is 20.6. The quantitative estimate of drug-likeness (QED) is 0.726. The molecule has 0 aliphatic heterocycles. The molecule has 0 saturated carbocycles. The highest BCUT2D eigenvalue weighted by atomic mass is 16.5. The number of rotatable bonds is 5. The van der Waals surface area contributed by atoms with Crippen molar-refractivity contribution in [1.29, 1.82) is 0 Å². The molecule has 1 N–H and O–H groups in total. The van der Waals surface area contributed by atoms with Crippen molar-refractivity contribution in [2.75, 3.05) is 11.9 Å². The van der Waals surface area contributed by atoms with E-state index in [1.165, 1.54) is 6.20 Å². The second kappa shape index (κ2) is 6.66. The van der Waals surface area contributed by atoms with Gasteiger partial charge in [0.15, 0.2) is 5.82 Å². The smallest absolute Gasteiger partial charge is 0.341 e. The first-order valence-corrected chi connectivity index (χ1v) is 7.82. The van der Waals surface area contributed by atoms with Gasteiger partial charge in [-0.25, -0.2) is 14.5 Å². The van der Waals surface area contributed by atoms with Crippen LogP contribution in [-0.4, -0.2) is 38.4 Å². The maximum atomic E-state index is 12.1. The second-order valence-corrected chi connectivity index (χ2v) is 5.60. The highest BCUT2D eigenvalue weighted by Gasteiger charge is 2.16. The molecule has 0 saturated heterocycles. The van der Waals surface area contributed by atoms with Gasteiger partial charge in [0.1, 0.15) is 5.56 Å². The van der Waals surface area contributed by atoms with Gasteiger partial charge in [-0.15, -0.1) is 0 Å². The molecular weight excluding hydrogens is 306 g/mol. The van der Waals surface area contributed by atoms with Crippen molar-refractivity contribution in [2.45, 2.75) is 26.8 Å². The Labute approximate surface area is 139 Å². The van der Waals surface area contributed by atoms with Gasteiger partial charge in [-0.3, -0.25) is 4.98 Å². The van der Waals surface area contributed by atoms with Gasteiger partial charge < -0.3 is 10.1 Å². The number of carbonyl (C=O) groups excluding carboxylic acids is 1. The van der Waals surface area contributed by atoms with E-state index in [0.29, 0.717) is 23.7 Å². The third-order valence-electron chi connectivity index (χ3n) is 3.42. The van der Waals surface area contributed by atoms with E-state index in [1.807, 2.05) is 19.9 Å². The molecule has 0 fully saturated rings. The van der Waals surface area contributed by atoms with Crippen LogP contribution >= 0.6 is 0 Å². The Morgan fingerprint density at radius 2 is 2.17 bits per heavy atom. The molecule has 0 spiro atoms. The van der Waals surface area contributed by atoms with Gasteiger partial charge in [0, 0.05) is 29.9 Å². The summed E-state index contributed by atoms with van der Waals surface area (Å²) in [5.41, 5.74) is 1.93. The normalized spacial score (nSPS) is 11.0. The lowest BCUT2D eigenvalue weighted by atomic mass is 10.2. The van der Waals surface area contributed by atoms with Gasteiger partial charge in [0.2, 0.25) is 0 Å². The molecule has 0 aliphatic carbocycles. The highest BCUT2D eigenvalue weighted by Crippen LogP contribution is 2.22. The molecule has 3 aromatic heterocycles. The van der Waals surface area contributed by atoms with Crippen LogP contribution in [0.4, 0.5) is 5.69 Å². The Kier molecular flexibility index (Phi) is 4.41. The average molecular weight is 325 g/mol. The van der Waals surface area contributed by atoms with Crippen LogP contribution in [0, 0.1) is 0 Å². The maximum absolute atomic E-state index is 12.1. The van der Waals surface area contributed by atoms with Crippen LogP contribution in [0.3, 0.4) is 0 Å². The summed E-state index contributed by atoms with van der Waals surface area (Å²) in [5, 5.41) is 8.60. The van der Waals surface area contributed by atoms with Crippen molar-refractivity contribution in [3.8, 4) is 5.82 Å². The number of anilines is 1. The van der Waals surface area contributed by atoms with E-state index in [-0.39, 0.29) is 6.04 Å². The van der Waals surface area contributed by atoms with Gasteiger partial charge in [0.25, 0.3) is 0 Å². The summed E-state index contributed by atoms with van der Waals surface area (Å²) in [6.07, 6.45) is 6.73. The molecule has 7 nitrogen and oxygen atoms in total. The van der Waals surface area contributed by atoms with Gasteiger partial charge in [-0.1, -0.05) is 0 Å². The molecule has 0 aliphatic rings. The number of nitrogens with one attached hydrogen (secondary N) is 1. The van der Waals surface area contributed by atoms with Crippen molar-refractivity contribution in [1.82, 2.24) is 19.7 Å². The lowest BCUT2D eigenvalue weighted by Gasteiger charge is -2.15. The zero-order chi connectivity index (χ0) is 17.1. The summed E-state index contributed by atoms with van der Waals surface area (Å²) in [6, 6.07) is 3.84. The fourth-order valence-corrected chi connectivity index (χ4v) is 2.41. The number of carbonyl (C=O) groups is 1. The van der Waals surface area contributed by atoms with Gasteiger partial charge in [0.05, 0.1) is 30.2 Å². The van der Waals surface area contributed by atoms with Crippen molar-refractivity contribution >= 4 is 22.6 Å². The number of pyridine rings is 2. The predicted octanol–water partition coefficient (Wildman–Crippen LogP) is 2.81. The Morgan fingerprint density at radius 1 is 1.33 bits per heavy atom. The van der Waals surface area contributed by atoms with Crippen LogP contribution < -0.4 is 5.32 Å². The van der Waals surface area contributed by atoms with Gasteiger partial charge in [-0.05, 0) is 26.8 Å². The van der Waals surface area contributed by atoms with E-state index in [2.05, 4.69) is 20.4 Å². The minimum absolute atomic E-state index is 0.157. The average Bonchev–Trinajstić information content (AvgIpc) is 2.98. The topological polar surface area (TPSA) is 81.9 Å². The number of hydrogen-bond donors (Lipinski definition) is 1. The first-order valence-electron chi connectivity index (χ1n) is 7.82. The molecule has 0 amide bonds. The molecule has 0 radical (unpaired) electrons. The number of aromatic nitrogens is 4. The van der Waals surface area contributed by atoms with E-state index in [1.54, 1.807) is 36.3 Å². The van der Waals surface area contributed by atoms with Crippen LogP contribution in [0.15, 0.2) is 36.9 Å². The first kappa shape index (κ1) is 15.9. The van der Waals surface area contributed by atoms with E-state index >= 15 is 0 Å². The summed E-state index contributed by atoms with van der Waals surface area (Å²) >= 11 is 0. The molecule has 24 heavy (non-hydrogen) atoms. The Bertz CT molecular complexity index is 872. The standard InChI is InChI=1S/C17H19N5O2/c1-4-24-17(23)13-9-19-16(7-14(13)21-11(2)3)22-15-10-18-6-5-12(15)8-20-22/h5-11H,4H2,1-3H3,(H,19,21). The minimum Gasteiger partial charge on any atom is -0.462 e. The van der Waals surface area contributed by atoms with Crippen LogP contribution in [0.1, 0.15) is 31.1 Å². The first-order chi connectivity index (χ1) is 11.6. The summed E-state index contributed by atoms with van der Waals surface area (Å²) in [5.74, 6) is 0.209. The van der Waals surface area contributed by atoms with Gasteiger partial charge in [-0.2, -0.15) is 5.10 Å². The van der Waals surface area contributed by atoms with Crippen LogP contribution in [0.25, 0.3) is 16.7 Å². The van der Waals surface area contributed by atoms with E-state index in [4.69, 9.17) is 4.74 Å². The third-order valence-corrected chi connectivity index (χ3v) is 3.42. The number of esters is 1. The molecule has 3 heterocycles. The van der Waals surface area contributed by atoms with E-state index < -0.39 is 5.97 Å². The van der Waals surface area contributed by atoms with E-state index in [0.717, 1.165) is 10.9 Å². The summed E-state index contributed by atoms with van der Waals surface area (Å²) < 4.78 is 6.80. The fourth-order valence-electron chi connectivity index (χ4n) is 2.41. The molecule has 0 aromatic carbocycles. The summed E-state index contributed by atoms with van der Waals surface area (Å²) in [7, 11) is 0. The van der Waals surface area contributed by atoms with Gasteiger partial charge >= 0.3 is 5.97 Å². The van der Waals surface area contributed by atoms with Crippen molar-refractivity contribution in [3.05, 3.63) is 42.5 Å². The monoisotopic (exact) mass is 325 g/mol. The minimum atomic E-state index is -0.397. The Balaban J connectivity index is 2.08. The molecule has 3 aromatic rings. The lowest BCUT2D eigenvalue weighted by Crippen LogP contribution is -2.16. The van der Waals surface area contributed by atoms with Crippen molar-refractivity contribution < 1.29 is 9.53 Å². The molecule has 124 valence electrons.